The molecule has 134 valence electrons. The van der Waals surface area contributed by atoms with Crippen molar-refractivity contribution in [2.24, 2.45) is 0 Å². The summed E-state index contributed by atoms with van der Waals surface area (Å²) in [5.41, 5.74) is 3.29. The molecule has 0 aliphatic carbocycles. The number of aryl methyl sites for hydroxylation is 1. The molecule has 1 aliphatic rings. The molecule has 4 nitrogen and oxygen atoms in total. The highest BCUT2D eigenvalue weighted by atomic mass is 32.1. The normalized spacial score (nSPS) is 15.2. The Hall–Kier alpha value is -1.85. The fourth-order valence-electron chi connectivity index (χ4n) is 3.38. The maximum Gasteiger partial charge on any atom is 0.256 e. The van der Waals surface area contributed by atoms with E-state index >= 15 is 0 Å². The molecule has 0 saturated carbocycles. The predicted molar refractivity (Wildman–Crippen MR) is 103 cm³/mol. The van der Waals surface area contributed by atoms with Gasteiger partial charge in [0.25, 0.3) is 5.91 Å². The standard InChI is InChI=1S/C20H26N2O2S/c1-14-15(2)25-20(18(14)13-22-11-5-4-6-12-22)21-19(23)16-7-9-17(24-3)10-8-16/h7-10H,4-6,11-13H2,1-3H3,(H,21,23)/p+1. The Morgan fingerprint density at radius 3 is 2.48 bits per heavy atom. The first kappa shape index (κ1) is 18.0. The molecule has 3 rings (SSSR count). The van der Waals surface area contributed by atoms with Crippen LogP contribution in [-0.4, -0.2) is 26.1 Å². The molecule has 0 radical (unpaired) electrons. The molecule has 1 saturated heterocycles. The van der Waals surface area contributed by atoms with E-state index in [1.165, 1.54) is 48.4 Å². The molecule has 1 aliphatic heterocycles. The van der Waals surface area contributed by atoms with Crippen molar-refractivity contribution >= 4 is 22.2 Å². The zero-order chi connectivity index (χ0) is 17.8. The zero-order valence-electron chi connectivity index (χ0n) is 15.3. The van der Waals surface area contributed by atoms with Crippen LogP contribution in [0.25, 0.3) is 0 Å². The van der Waals surface area contributed by atoms with Crippen molar-refractivity contribution in [3.05, 3.63) is 45.8 Å². The van der Waals surface area contributed by atoms with Gasteiger partial charge in [0.05, 0.1) is 20.2 Å². The molecule has 1 aromatic heterocycles. The van der Waals surface area contributed by atoms with Crippen LogP contribution in [0.15, 0.2) is 24.3 Å². The van der Waals surface area contributed by atoms with Gasteiger partial charge >= 0.3 is 0 Å². The van der Waals surface area contributed by atoms with Crippen LogP contribution in [0.4, 0.5) is 5.00 Å². The number of likely N-dealkylation sites (tertiary alicyclic amines) is 1. The topological polar surface area (TPSA) is 42.8 Å². The Morgan fingerprint density at radius 1 is 1.16 bits per heavy atom. The number of piperidine rings is 1. The summed E-state index contributed by atoms with van der Waals surface area (Å²) in [5, 5.41) is 4.15. The Kier molecular flexibility index (Phi) is 5.76. The number of thiophene rings is 1. The summed E-state index contributed by atoms with van der Waals surface area (Å²) < 4.78 is 5.16. The van der Waals surface area contributed by atoms with Crippen molar-refractivity contribution in [3.8, 4) is 5.75 Å². The fraction of sp³-hybridized carbons (Fsp3) is 0.450. The van der Waals surface area contributed by atoms with Crippen molar-refractivity contribution < 1.29 is 14.4 Å². The Morgan fingerprint density at radius 2 is 1.84 bits per heavy atom. The number of benzene rings is 1. The highest BCUT2D eigenvalue weighted by Crippen LogP contribution is 2.32. The van der Waals surface area contributed by atoms with E-state index in [-0.39, 0.29) is 5.91 Å². The number of amides is 1. The number of hydrogen-bond acceptors (Lipinski definition) is 3. The predicted octanol–water partition coefficient (Wildman–Crippen LogP) is 3.19. The largest absolute Gasteiger partial charge is 0.497 e. The summed E-state index contributed by atoms with van der Waals surface area (Å²) >= 11 is 1.69. The highest BCUT2D eigenvalue weighted by Gasteiger charge is 2.21. The lowest BCUT2D eigenvalue weighted by atomic mass is 10.1. The zero-order valence-corrected chi connectivity index (χ0v) is 16.1. The van der Waals surface area contributed by atoms with E-state index in [4.69, 9.17) is 4.74 Å². The lowest BCUT2D eigenvalue weighted by Gasteiger charge is -2.24. The van der Waals surface area contributed by atoms with Gasteiger partial charge in [0, 0.05) is 16.0 Å². The van der Waals surface area contributed by atoms with Crippen LogP contribution in [0.5, 0.6) is 5.75 Å². The number of carbonyl (C=O) groups is 1. The maximum absolute atomic E-state index is 12.6. The van der Waals surface area contributed by atoms with Gasteiger partial charge in [0.2, 0.25) is 0 Å². The molecule has 0 atom stereocenters. The van der Waals surface area contributed by atoms with E-state index in [9.17, 15) is 4.79 Å². The Balaban J connectivity index is 1.76. The summed E-state index contributed by atoms with van der Waals surface area (Å²) in [5.74, 6) is 0.701. The van der Waals surface area contributed by atoms with Gasteiger partial charge in [0.15, 0.2) is 0 Å². The highest BCUT2D eigenvalue weighted by molar-refractivity contribution is 7.16. The van der Waals surface area contributed by atoms with Gasteiger partial charge < -0.3 is 15.0 Å². The minimum atomic E-state index is -0.0567. The minimum Gasteiger partial charge on any atom is -0.497 e. The molecule has 2 heterocycles. The van der Waals surface area contributed by atoms with Crippen LogP contribution in [0.2, 0.25) is 0 Å². The summed E-state index contributed by atoms with van der Waals surface area (Å²) in [6, 6.07) is 7.24. The van der Waals surface area contributed by atoms with Crippen LogP contribution in [0, 0.1) is 13.8 Å². The van der Waals surface area contributed by atoms with Crippen molar-refractivity contribution in [2.45, 2.75) is 39.7 Å². The van der Waals surface area contributed by atoms with E-state index in [2.05, 4.69) is 19.2 Å². The van der Waals surface area contributed by atoms with Crippen molar-refractivity contribution in [2.75, 3.05) is 25.5 Å². The Bertz CT molecular complexity index is 731. The molecule has 0 bridgehead atoms. The smallest absolute Gasteiger partial charge is 0.256 e. The van der Waals surface area contributed by atoms with E-state index in [0.29, 0.717) is 5.56 Å². The van der Waals surface area contributed by atoms with E-state index in [1.807, 2.05) is 12.1 Å². The fourth-order valence-corrected chi connectivity index (χ4v) is 4.46. The van der Waals surface area contributed by atoms with Gasteiger partial charge in [-0.05, 0) is 62.9 Å². The van der Waals surface area contributed by atoms with Gasteiger partial charge in [-0.25, -0.2) is 0 Å². The van der Waals surface area contributed by atoms with Crippen molar-refractivity contribution in [1.82, 2.24) is 0 Å². The van der Waals surface area contributed by atoms with Gasteiger partial charge in [-0.2, -0.15) is 0 Å². The van der Waals surface area contributed by atoms with E-state index in [1.54, 1.807) is 35.5 Å². The third-order valence-corrected chi connectivity index (χ3v) is 6.24. The van der Waals surface area contributed by atoms with E-state index in [0.717, 1.165) is 17.3 Å². The quantitative estimate of drug-likeness (QED) is 0.861. The average molecular weight is 360 g/mol. The number of anilines is 1. The van der Waals surface area contributed by atoms with Crippen LogP contribution < -0.4 is 15.0 Å². The van der Waals surface area contributed by atoms with Crippen LogP contribution in [0.1, 0.15) is 45.6 Å². The molecule has 1 fully saturated rings. The molecule has 2 aromatic rings. The van der Waals surface area contributed by atoms with Gasteiger partial charge in [-0.15, -0.1) is 11.3 Å². The van der Waals surface area contributed by atoms with Gasteiger partial charge in [0.1, 0.15) is 17.3 Å². The third-order valence-electron chi connectivity index (χ3n) is 5.08. The maximum atomic E-state index is 12.6. The monoisotopic (exact) mass is 359 g/mol. The van der Waals surface area contributed by atoms with Gasteiger partial charge in [-0.1, -0.05) is 0 Å². The number of quaternary nitrogens is 1. The number of ether oxygens (including phenoxy) is 1. The molecule has 5 heteroatoms. The van der Waals surface area contributed by atoms with Crippen molar-refractivity contribution in [3.63, 3.8) is 0 Å². The summed E-state index contributed by atoms with van der Waals surface area (Å²) in [6.45, 7) is 7.79. The number of rotatable bonds is 5. The molecule has 0 spiro atoms. The first-order valence-corrected chi connectivity index (χ1v) is 9.78. The Labute approximate surface area is 153 Å². The second-order valence-corrected chi connectivity index (χ2v) is 7.99. The second kappa shape index (κ2) is 8.02. The summed E-state index contributed by atoms with van der Waals surface area (Å²) in [7, 11) is 1.63. The number of hydrogen-bond donors (Lipinski definition) is 2. The van der Waals surface area contributed by atoms with Crippen LogP contribution in [0.3, 0.4) is 0 Å². The minimum absolute atomic E-state index is 0.0567. The molecular formula is C20H27N2O2S+. The van der Waals surface area contributed by atoms with Crippen LogP contribution in [-0.2, 0) is 6.54 Å². The lowest BCUT2D eigenvalue weighted by molar-refractivity contribution is -0.918. The molecule has 1 amide bonds. The first-order valence-electron chi connectivity index (χ1n) is 8.96. The second-order valence-electron chi connectivity index (χ2n) is 6.76. The molecule has 1 aromatic carbocycles. The molecule has 0 unspecified atom stereocenters. The van der Waals surface area contributed by atoms with Crippen LogP contribution >= 0.6 is 11.3 Å². The number of carbonyl (C=O) groups excluding carboxylic acids is 1. The first-order chi connectivity index (χ1) is 12.1. The van der Waals surface area contributed by atoms with Gasteiger partial charge in [-0.3, -0.25) is 4.79 Å². The third kappa shape index (κ3) is 4.22. The van der Waals surface area contributed by atoms with E-state index < -0.39 is 0 Å². The van der Waals surface area contributed by atoms with Crippen molar-refractivity contribution in [1.29, 1.82) is 0 Å². The summed E-state index contributed by atoms with van der Waals surface area (Å²) in [4.78, 5) is 15.5. The SMILES string of the molecule is COc1ccc(C(=O)Nc2sc(C)c(C)c2C[NH+]2CCCCC2)cc1. The molecule has 2 N–H and O–H groups in total. The summed E-state index contributed by atoms with van der Waals surface area (Å²) in [6.07, 6.45) is 3.97. The number of methoxy groups -OCH3 is 1. The molecular weight excluding hydrogens is 332 g/mol. The average Bonchev–Trinajstić information content (AvgIpc) is 2.90. The number of nitrogens with one attached hydrogen (secondary N) is 2. The lowest BCUT2D eigenvalue weighted by Crippen LogP contribution is -3.11. The molecule has 25 heavy (non-hydrogen) atoms.